The first-order chi connectivity index (χ1) is 16.1. The maximum absolute atomic E-state index is 12.5. The molecule has 0 radical (unpaired) electrons. The summed E-state index contributed by atoms with van der Waals surface area (Å²) in [5, 5.41) is 6.36. The molecule has 0 bridgehead atoms. The van der Waals surface area contributed by atoms with E-state index in [1.807, 2.05) is 81.3 Å². The molecule has 0 saturated carbocycles. The lowest BCUT2D eigenvalue weighted by molar-refractivity contribution is 0.0951. The molecule has 0 aromatic heterocycles. The predicted molar refractivity (Wildman–Crippen MR) is 137 cm³/mol. The van der Waals surface area contributed by atoms with Crippen LogP contribution in [0.4, 0.5) is 0 Å². The Morgan fingerprint density at radius 1 is 0.882 bits per heavy atom. The summed E-state index contributed by atoms with van der Waals surface area (Å²) in [5.41, 5.74) is 2.71. The van der Waals surface area contributed by atoms with E-state index in [0.717, 1.165) is 30.6 Å². The third-order valence-corrected chi connectivity index (χ3v) is 6.91. The molecule has 0 fully saturated rings. The van der Waals surface area contributed by atoms with Gasteiger partial charge in [0.05, 0.1) is 4.90 Å². The van der Waals surface area contributed by atoms with E-state index in [-0.39, 0.29) is 16.8 Å². The third kappa shape index (κ3) is 9.52. The molecule has 0 saturated heterocycles. The highest BCUT2D eigenvalue weighted by molar-refractivity contribution is 7.89. The summed E-state index contributed by atoms with van der Waals surface area (Å²) in [4.78, 5) is 16.5. The summed E-state index contributed by atoms with van der Waals surface area (Å²) in [6.45, 7) is 5.33. The normalized spacial score (nSPS) is 12.8. The second kappa shape index (κ2) is 13.6. The van der Waals surface area contributed by atoms with Crippen LogP contribution >= 0.6 is 0 Å². The fourth-order valence-corrected chi connectivity index (χ4v) is 4.35. The number of amides is 1. The molecule has 0 aliphatic rings. The second-order valence-electron chi connectivity index (χ2n) is 8.98. The first-order valence-corrected chi connectivity index (χ1v) is 13.1. The molecule has 34 heavy (non-hydrogen) atoms. The monoisotopic (exact) mass is 489 g/mol. The van der Waals surface area contributed by atoms with Crippen LogP contribution in [0.3, 0.4) is 0 Å². The summed E-state index contributed by atoms with van der Waals surface area (Å²) in [6, 6.07) is 14.6. The first kappa shape index (κ1) is 27.9. The highest BCUT2D eigenvalue weighted by Crippen LogP contribution is 2.17. The second-order valence-corrected chi connectivity index (χ2v) is 10.7. The van der Waals surface area contributed by atoms with Crippen LogP contribution in [0.5, 0.6) is 0 Å². The number of carbonyl (C=O) groups excluding carboxylic acids is 1. The van der Waals surface area contributed by atoms with Gasteiger partial charge in [0, 0.05) is 37.8 Å². The standard InChI is InChI=1S/C25H39N5O3S/c1-20(22-11-13-24(14-12-22)34(32,33)28-15-6-17-29(2)3)27-19-21-7-9-23(10-8-21)25(31)26-16-18-30(4)5/h7-14,20,27-28H,6,15-19H2,1-5H3,(H,26,31). The van der Waals surface area contributed by atoms with Crippen LogP contribution < -0.4 is 15.4 Å². The van der Waals surface area contributed by atoms with E-state index >= 15 is 0 Å². The van der Waals surface area contributed by atoms with Gasteiger partial charge in [-0.3, -0.25) is 4.79 Å². The fraction of sp³-hybridized carbons (Fsp3) is 0.480. The lowest BCUT2D eigenvalue weighted by Crippen LogP contribution is -2.31. The van der Waals surface area contributed by atoms with Crippen LogP contribution in [0.2, 0.25) is 0 Å². The molecular formula is C25H39N5O3S. The average Bonchev–Trinajstić information content (AvgIpc) is 2.80. The van der Waals surface area contributed by atoms with Crippen molar-refractivity contribution < 1.29 is 13.2 Å². The molecular weight excluding hydrogens is 450 g/mol. The Morgan fingerprint density at radius 3 is 2.09 bits per heavy atom. The molecule has 2 rings (SSSR count). The van der Waals surface area contributed by atoms with E-state index < -0.39 is 10.0 Å². The molecule has 9 heteroatoms. The smallest absolute Gasteiger partial charge is 0.251 e. The molecule has 0 aliphatic heterocycles. The molecule has 1 amide bonds. The molecule has 2 aromatic rings. The molecule has 0 spiro atoms. The van der Waals surface area contributed by atoms with Crippen molar-refractivity contribution in [3.8, 4) is 0 Å². The largest absolute Gasteiger partial charge is 0.351 e. The van der Waals surface area contributed by atoms with Crippen molar-refractivity contribution in [2.24, 2.45) is 0 Å². The Kier molecular flexibility index (Phi) is 11.1. The Labute approximate surface area is 204 Å². The Morgan fingerprint density at radius 2 is 1.50 bits per heavy atom. The quantitative estimate of drug-likeness (QED) is 0.352. The lowest BCUT2D eigenvalue weighted by atomic mass is 10.1. The molecule has 1 atom stereocenters. The summed E-state index contributed by atoms with van der Waals surface area (Å²) >= 11 is 0. The van der Waals surface area contributed by atoms with Crippen molar-refractivity contribution in [1.82, 2.24) is 25.2 Å². The fourth-order valence-electron chi connectivity index (χ4n) is 3.28. The van der Waals surface area contributed by atoms with Gasteiger partial charge < -0.3 is 20.4 Å². The van der Waals surface area contributed by atoms with Crippen molar-refractivity contribution in [1.29, 1.82) is 0 Å². The van der Waals surface area contributed by atoms with Crippen molar-refractivity contribution in [3.63, 3.8) is 0 Å². The van der Waals surface area contributed by atoms with Gasteiger partial charge in [-0.25, -0.2) is 13.1 Å². The van der Waals surface area contributed by atoms with E-state index in [1.54, 1.807) is 12.1 Å². The number of hydrogen-bond donors (Lipinski definition) is 3. The van der Waals surface area contributed by atoms with Crippen molar-refractivity contribution in [3.05, 3.63) is 65.2 Å². The van der Waals surface area contributed by atoms with Crippen LogP contribution in [0.15, 0.2) is 53.4 Å². The number of hydrogen-bond acceptors (Lipinski definition) is 6. The summed E-state index contributed by atoms with van der Waals surface area (Å²) in [6.07, 6.45) is 0.757. The molecule has 2 aromatic carbocycles. The third-order valence-electron chi connectivity index (χ3n) is 5.44. The van der Waals surface area contributed by atoms with Gasteiger partial charge in [0.1, 0.15) is 0 Å². The van der Waals surface area contributed by atoms with E-state index in [2.05, 4.69) is 15.4 Å². The molecule has 0 heterocycles. The van der Waals surface area contributed by atoms with Crippen molar-refractivity contribution in [2.45, 2.75) is 30.8 Å². The Bertz CT molecular complexity index is 990. The lowest BCUT2D eigenvalue weighted by Gasteiger charge is -2.16. The van der Waals surface area contributed by atoms with Crippen LogP contribution in [-0.2, 0) is 16.6 Å². The van der Waals surface area contributed by atoms with Gasteiger partial charge in [0.15, 0.2) is 0 Å². The van der Waals surface area contributed by atoms with Gasteiger partial charge >= 0.3 is 0 Å². The first-order valence-electron chi connectivity index (χ1n) is 11.6. The SMILES string of the molecule is CC(NCc1ccc(C(=O)NCCN(C)C)cc1)c1ccc(S(=O)(=O)NCCCN(C)C)cc1. The zero-order chi connectivity index (χ0) is 25.1. The zero-order valence-electron chi connectivity index (χ0n) is 21.0. The number of nitrogens with zero attached hydrogens (tertiary/aromatic N) is 2. The number of nitrogens with one attached hydrogen (secondary N) is 3. The van der Waals surface area contributed by atoms with E-state index in [4.69, 9.17) is 0 Å². The number of carbonyl (C=O) groups is 1. The molecule has 1 unspecified atom stereocenters. The minimum Gasteiger partial charge on any atom is -0.351 e. The predicted octanol–water partition coefficient (Wildman–Crippen LogP) is 2.06. The summed E-state index contributed by atoms with van der Waals surface area (Å²) < 4.78 is 27.6. The Hall–Kier alpha value is -2.30. The van der Waals surface area contributed by atoms with Crippen LogP contribution in [-0.4, -0.2) is 78.5 Å². The van der Waals surface area contributed by atoms with E-state index in [1.165, 1.54) is 0 Å². The van der Waals surface area contributed by atoms with E-state index in [0.29, 0.717) is 25.2 Å². The highest BCUT2D eigenvalue weighted by atomic mass is 32.2. The van der Waals surface area contributed by atoms with Crippen molar-refractivity contribution in [2.75, 3.05) is 54.4 Å². The Balaban J connectivity index is 1.84. The van der Waals surface area contributed by atoms with Crippen LogP contribution in [0.1, 0.15) is 40.9 Å². The zero-order valence-corrected chi connectivity index (χ0v) is 21.8. The van der Waals surface area contributed by atoms with E-state index in [9.17, 15) is 13.2 Å². The molecule has 188 valence electrons. The highest BCUT2D eigenvalue weighted by Gasteiger charge is 2.14. The average molecular weight is 490 g/mol. The van der Waals surface area contributed by atoms with Gasteiger partial charge in [0.2, 0.25) is 10.0 Å². The maximum Gasteiger partial charge on any atom is 0.251 e. The van der Waals surface area contributed by atoms with Crippen LogP contribution in [0.25, 0.3) is 0 Å². The van der Waals surface area contributed by atoms with Crippen LogP contribution in [0, 0.1) is 0 Å². The minimum absolute atomic E-state index is 0.0406. The molecule has 8 nitrogen and oxygen atoms in total. The van der Waals surface area contributed by atoms with Gasteiger partial charge in [-0.05, 0) is 83.5 Å². The number of sulfonamides is 1. The van der Waals surface area contributed by atoms with Gasteiger partial charge in [0.25, 0.3) is 5.91 Å². The maximum atomic E-state index is 12.5. The molecule has 3 N–H and O–H groups in total. The number of likely N-dealkylation sites (N-methyl/N-ethyl adjacent to an activating group) is 1. The molecule has 0 aliphatic carbocycles. The van der Waals surface area contributed by atoms with Crippen molar-refractivity contribution >= 4 is 15.9 Å². The topological polar surface area (TPSA) is 93.8 Å². The number of benzene rings is 2. The number of rotatable bonds is 14. The van der Waals surface area contributed by atoms with Gasteiger partial charge in [-0.1, -0.05) is 24.3 Å². The summed E-state index contributed by atoms with van der Waals surface area (Å²) in [5.74, 6) is -0.0723. The van der Waals surface area contributed by atoms with Gasteiger partial charge in [-0.15, -0.1) is 0 Å². The summed E-state index contributed by atoms with van der Waals surface area (Å²) in [7, 11) is 4.36. The van der Waals surface area contributed by atoms with Gasteiger partial charge in [-0.2, -0.15) is 0 Å². The minimum atomic E-state index is -3.50.